The summed E-state index contributed by atoms with van der Waals surface area (Å²) < 4.78 is 0. The van der Waals surface area contributed by atoms with Gasteiger partial charge in [-0.2, -0.15) is 5.10 Å². The lowest BCUT2D eigenvalue weighted by atomic mass is 10.4. The Balaban J connectivity index is 2.23. The van der Waals surface area contributed by atoms with E-state index in [1.54, 1.807) is 6.20 Å². The molecule has 1 heterocycles. The zero-order valence-electron chi connectivity index (χ0n) is 7.20. The highest BCUT2D eigenvalue weighted by molar-refractivity contribution is 7.99. The lowest BCUT2D eigenvalue weighted by Gasteiger charge is -1.99. The highest BCUT2D eigenvalue weighted by Gasteiger charge is 2.03. The Labute approximate surface area is 90.7 Å². The van der Waals surface area contributed by atoms with Crippen LogP contribution in [0.5, 0.6) is 0 Å². The van der Waals surface area contributed by atoms with E-state index in [2.05, 4.69) is 10.2 Å². The molecule has 0 amide bonds. The first kappa shape index (κ1) is 9.43. The Hall–Kier alpha value is -1.13. The van der Waals surface area contributed by atoms with E-state index >= 15 is 0 Å². The Morgan fingerprint density at radius 1 is 1.43 bits per heavy atom. The third-order valence-corrected chi connectivity index (χ3v) is 2.93. The predicted molar refractivity (Wildman–Crippen MR) is 58.6 cm³/mol. The summed E-state index contributed by atoms with van der Waals surface area (Å²) in [6, 6.07) is 7.60. The number of aromatic amines is 1. The van der Waals surface area contributed by atoms with Crippen LogP contribution in [0.3, 0.4) is 0 Å². The fourth-order valence-corrected chi connectivity index (χ4v) is 2.13. The van der Waals surface area contributed by atoms with Gasteiger partial charge in [0.2, 0.25) is 0 Å². The van der Waals surface area contributed by atoms with Crippen molar-refractivity contribution in [3.63, 3.8) is 0 Å². The number of halogens is 1. The minimum absolute atomic E-state index is 0.579. The number of nitrogens with two attached hydrogens (primary N) is 1. The number of nitrogen functional groups attached to an aromatic ring is 1. The first-order chi connectivity index (χ1) is 6.75. The molecule has 3 nitrogen and oxygen atoms in total. The average molecular weight is 226 g/mol. The van der Waals surface area contributed by atoms with Crippen molar-refractivity contribution in [2.24, 2.45) is 0 Å². The van der Waals surface area contributed by atoms with Crippen LogP contribution in [0, 0.1) is 0 Å². The molecule has 5 heteroatoms. The number of rotatable bonds is 2. The maximum absolute atomic E-state index is 5.86. The van der Waals surface area contributed by atoms with Gasteiger partial charge in [-0.25, -0.2) is 0 Å². The van der Waals surface area contributed by atoms with Crippen LogP contribution in [0.2, 0.25) is 5.02 Å². The Morgan fingerprint density at radius 2 is 2.29 bits per heavy atom. The molecule has 0 saturated heterocycles. The summed E-state index contributed by atoms with van der Waals surface area (Å²) in [5.74, 6) is 0.579. The summed E-state index contributed by atoms with van der Waals surface area (Å²) >= 11 is 7.39. The van der Waals surface area contributed by atoms with Crippen LogP contribution in [-0.4, -0.2) is 10.2 Å². The summed E-state index contributed by atoms with van der Waals surface area (Å²) in [5.41, 5.74) is 5.65. The van der Waals surface area contributed by atoms with Crippen LogP contribution < -0.4 is 5.73 Å². The minimum Gasteiger partial charge on any atom is -0.383 e. The molecule has 0 unspecified atom stereocenters. The van der Waals surface area contributed by atoms with Gasteiger partial charge >= 0.3 is 0 Å². The number of nitrogens with one attached hydrogen (secondary N) is 1. The van der Waals surface area contributed by atoms with Gasteiger partial charge in [0.15, 0.2) is 0 Å². The standard InChI is InChI=1S/C9H8ClN3S/c10-6-2-1-3-7(4-6)14-8-5-12-13-9(8)11/h1-5H,(H3,11,12,13). The highest BCUT2D eigenvalue weighted by Crippen LogP contribution is 2.31. The molecule has 0 saturated carbocycles. The van der Waals surface area contributed by atoms with Crippen molar-refractivity contribution >= 4 is 29.2 Å². The molecule has 0 spiro atoms. The van der Waals surface area contributed by atoms with Crippen molar-refractivity contribution in [1.82, 2.24) is 10.2 Å². The fraction of sp³-hybridized carbons (Fsp3) is 0. The van der Waals surface area contributed by atoms with Crippen LogP contribution in [0.4, 0.5) is 5.82 Å². The fourth-order valence-electron chi connectivity index (χ4n) is 1.02. The molecule has 1 aromatic heterocycles. The molecule has 0 aliphatic rings. The molecule has 0 aliphatic carbocycles. The number of nitrogens with zero attached hydrogens (tertiary/aromatic N) is 1. The molecule has 0 aliphatic heterocycles. The summed E-state index contributed by atoms with van der Waals surface area (Å²) in [4.78, 5) is 1.96. The number of anilines is 1. The molecule has 3 N–H and O–H groups in total. The molecular formula is C9H8ClN3S. The number of hydrogen-bond donors (Lipinski definition) is 2. The second-order valence-corrected chi connectivity index (χ2v) is 4.26. The second kappa shape index (κ2) is 3.94. The van der Waals surface area contributed by atoms with E-state index in [9.17, 15) is 0 Å². The molecule has 0 radical (unpaired) electrons. The van der Waals surface area contributed by atoms with Gasteiger partial charge in [-0.05, 0) is 18.2 Å². The van der Waals surface area contributed by atoms with Crippen LogP contribution in [-0.2, 0) is 0 Å². The van der Waals surface area contributed by atoms with Crippen LogP contribution in [0.1, 0.15) is 0 Å². The Kier molecular flexibility index (Phi) is 2.65. The van der Waals surface area contributed by atoms with Crippen molar-refractivity contribution < 1.29 is 0 Å². The third-order valence-electron chi connectivity index (χ3n) is 1.66. The van der Waals surface area contributed by atoms with E-state index in [1.165, 1.54) is 11.8 Å². The number of aromatic nitrogens is 2. The first-order valence-electron chi connectivity index (χ1n) is 3.98. The monoisotopic (exact) mass is 225 g/mol. The molecule has 0 atom stereocenters. The minimum atomic E-state index is 0.579. The molecular weight excluding hydrogens is 218 g/mol. The smallest absolute Gasteiger partial charge is 0.133 e. The molecule has 2 aromatic rings. The van der Waals surface area contributed by atoms with Gasteiger partial charge in [-0.3, -0.25) is 5.10 Å². The maximum atomic E-state index is 5.86. The summed E-state index contributed by atoms with van der Waals surface area (Å²) in [6.45, 7) is 0. The van der Waals surface area contributed by atoms with E-state index in [0.29, 0.717) is 5.82 Å². The number of H-pyrrole nitrogens is 1. The molecule has 2 rings (SSSR count). The molecule has 0 fully saturated rings. The van der Waals surface area contributed by atoms with Crippen molar-refractivity contribution in [1.29, 1.82) is 0 Å². The van der Waals surface area contributed by atoms with E-state index in [0.717, 1.165) is 14.8 Å². The van der Waals surface area contributed by atoms with E-state index < -0.39 is 0 Å². The third kappa shape index (κ3) is 2.02. The normalized spacial score (nSPS) is 10.4. The molecule has 72 valence electrons. The van der Waals surface area contributed by atoms with Gasteiger partial charge in [0.25, 0.3) is 0 Å². The van der Waals surface area contributed by atoms with Gasteiger partial charge in [-0.1, -0.05) is 29.4 Å². The van der Waals surface area contributed by atoms with Gasteiger partial charge in [0.1, 0.15) is 5.82 Å². The van der Waals surface area contributed by atoms with E-state index in [4.69, 9.17) is 17.3 Å². The lowest BCUT2D eigenvalue weighted by molar-refractivity contribution is 1.10. The predicted octanol–water partition coefficient (Wildman–Crippen LogP) is 2.80. The van der Waals surface area contributed by atoms with E-state index in [1.807, 2.05) is 24.3 Å². The summed E-state index contributed by atoms with van der Waals surface area (Å²) in [5, 5.41) is 7.23. The maximum Gasteiger partial charge on any atom is 0.133 e. The number of benzene rings is 1. The molecule has 0 bridgehead atoms. The van der Waals surface area contributed by atoms with Crippen molar-refractivity contribution in [3.05, 3.63) is 35.5 Å². The van der Waals surface area contributed by atoms with Crippen LogP contribution in [0.15, 0.2) is 40.3 Å². The number of hydrogen-bond acceptors (Lipinski definition) is 3. The van der Waals surface area contributed by atoms with E-state index in [-0.39, 0.29) is 0 Å². The van der Waals surface area contributed by atoms with Crippen LogP contribution in [0.25, 0.3) is 0 Å². The lowest BCUT2D eigenvalue weighted by Crippen LogP contribution is -1.85. The topological polar surface area (TPSA) is 54.7 Å². The van der Waals surface area contributed by atoms with Gasteiger partial charge in [-0.15, -0.1) is 0 Å². The summed E-state index contributed by atoms with van der Waals surface area (Å²) in [6.07, 6.45) is 1.70. The van der Waals surface area contributed by atoms with Crippen molar-refractivity contribution in [2.45, 2.75) is 9.79 Å². The Morgan fingerprint density at radius 3 is 2.93 bits per heavy atom. The second-order valence-electron chi connectivity index (χ2n) is 2.71. The average Bonchev–Trinajstić information content (AvgIpc) is 2.52. The van der Waals surface area contributed by atoms with Crippen LogP contribution >= 0.6 is 23.4 Å². The largest absolute Gasteiger partial charge is 0.383 e. The highest BCUT2D eigenvalue weighted by atomic mass is 35.5. The van der Waals surface area contributed by atoms with Crippen molar-refractivity contribution in [2.75, 3.05) is 5.73 Å². The zero-order valence-corrected chi connectivity index (χ0v) is 8.77. The summed E-state index contributed by atoms with van der Waals surface area (Å²) in [7, 11) is 0. The molecule has 1 aromatic carbocycles. The van der Waals surface area contributed by atoms with Gasteiger partial charge < -0.3 is 5.73 Å². The van der Waals surface area contributed by atoms with Crippen molar-refractivity contribution in [3.8, 4) is 0 Å². The van der Waals surface area contributed by atoms with Gasteiger partial charge in [0, 0.05) is 9.92 Å². The Bertz CT molecular complexity index is 441. The molecule has 14 heavy (non-hydrogen) atoms. The SMILES string of the molecule is Nc1[nH]ncc1Sc1cccc(Cl)c1. The first-order valence-corrected chi connectivity index (χ1v) is 5.17. The van der Waals surface area contributed by atoms with Gasteiger partial charge in [0.05, 0.1) is 11.1 Å². The zero-order chi connectivity index (χ0) is 9.97. The quantitative estimate of drug-likeness (QED) is 0.827.